The average molecular weight is 302 g/mol. The first-order chi connectivity index (χ1) is 10.2. The summed E-state index contributed by atoms with van der Waals surface area (Å²) >= 11 is 0. The lowest BCUT2D eigenvalue weighted by Crippen LogP contribution is -2.21. The van der Waals surface area contributed by atoms with Gasteiger partial charge in [-0.05, 0) is 19.8 Å². The average Bonchev–Trinajstić information content (AvgIpc) is 2.47. The van der Waals surface area contributed by atoms with E-state index in [2.05, 4.69) is 0 Å². The van der Waals surface area contributed by atoms with Gasteiger partial charge < -0.3 is 15.3 Å². The lowest BCUT2D eigenvalue weighted by molar-refractivity contribution is 0.0247. The van der Waals surface area contributed by atoms with Gasteiger partial charge >= 0.3 is 0 Å². The molecule has 0 rings (SSSR count). The summed E-state index contributed by atoms with van der Waals surface area (Å²) in [6.07, 6.45) is 15.9. The molecule has 0 fully saturated rings. The summed E-state index contributed by atoms with van der Waals surface area (Å²) in [7, 11) is 0. The number of rotatable bonds is 16. The van der Waals surface area contributed by atoms with Crippen molar-refractivity contribution < 1.29 is 15.3 Å². The molecule has 0 aromatic rings. The minimum Gasteiger partial charge on any atom is -0.396 e. The van der Waals surface area contributed by atoms with Crippen LogP contribution >= 0.6 is 0 Å². The van der Waals surface area contributed by atoms with Crippen molar-refractivity contribution in [2.45, 2.75) is 109 Å². The Morgan fingerprint density at radius 3 is 1.24 bits per heavy atom. The third kappa shape index (κ3) is 16.1. The van der Waals surface area contributed by atoms with Gasteiger partial charge in [-0.15, -0.1) is 0 Å². The van der Waals surface area contributed by atoms with E-state index in [9.17, 15) is 5.11 Å². The third-order valence-corrected chi connectivity index (χ3v) is 4.21. The van der Waals surface area contributed by atoms with Crippen LogP contribution in [0.3, 0.4) is 0 Å². The van der Waals surface area contributed by atoms with Crippen molar-refractivity contribution in [3.63, 3.8) is 0 Å². The van der Waals surface area contributed by atoms with Gasteiger partial charge in [0, 0.05) is 6.61 Å². The van der Waals surface area contributed by atoms with Crippen LogP contribution in [0, 0.1) is 0 Å². The minimum absolute atomic E-state index is 0.345. The molecule has 0 saturated heterocycles. The van der Waals surface area contributed by atoms with E-state index < -0.39 is 12.2 Å². The Balaban J connectivity index is 3.03. The highest BCUT2D eigenvalue weighted by Gasteiger charge is 2.09. The van der Waals surface area contributed by atoms with Gasteiger partial charge in [-0.25, -0.2) is 0 Å². The smallest absolute Gasteiger partial charge is 0.0796 e. The van der Waals surface area contributed by atoms with Crippen molar-refractivity contribution in [3.05, 3.63) is 0 Å². The molecule has 0 aliphatic heterocycles. The molecule has 0 bridgehead atoms. The maximum Gasteiger partial charge on any atom is 0.0796 e. The second-order valence-corrected chi connectivity index (χ2v) is 6.42. The van der Waals surface area contributed by atoms with Gasteiger partial charge in [0.05, 0.1) is 12.2 Å². The molecule has 0 aromatic carbocycles. The predicted octanol–water partition coefficient (Wildman–Crippen LogP) is 4.18. The maximum absolute atomic E-state index is 9.46. The van der Waals surface area contributed by atoms with Crippen LogP contribution < -0.4 is 0 Å². The Hall–Kier alpha value is -0.120. The molecule has 2 atom stereocenters. The van der Waals surface area contributed by atoms with E-state index in [1.165, 1.54) is 70.6 Å². The van der Waals surface area contributed by atoms with Crippen molar-refractivity contribution in [2.75, 3.05) is 6.61 Å². The Labute approximate surface area is 131 Å². The fourth-order valence-corrected chi connectivity index (χ4v) is 2.65. The van der Waals surface area contributed by atoms with E-state index >= 15 is 0 Å². The summed E-state index contributed by atoms with van der Waals surface area (Å²) in [6, 6.07) is 0. The fraction of sp³-hybridized carbons (Fsp3) is 1.00. The van der Waals surface area contributed by atoms with Crippen LogP contribution in [0.25, 0.3) is 0 Å². The van der Waals surface area contributed by atoms with E-state index in [0.29, 0.717) is 6.61 Å². The van der Waals surface area contributed by atoms with Crippen LogP contribution in [0.2, 0.25) is 0 Å². The highest BCUT2D eigenvalue weighted by Crippen LogP contribution is 2.13. The molecule has 0 amide bonds. The molecule has 0 aliphatic rings. The lowest BCUT2D eigenvalue weighted by atomic mass is 10.0. The molecule has 3 nitrogen and oxygen atoms in total. The Morgan fingerprint density at radius 2 is 0.905 bits per heavy atom. The first-order valence-corrected chi connectivity index (χ1v) is 9.15. The van der Waals surface area contributed by atoms with E-state index in [4.69, 9.17) is 10.2 Å². The first-order valence-electron chi connectivity index (χ1n) is 9.15. The first kappa shape index (κ1) is 20.9. The quantitative estimate of drug-likeness (QED) is 0.375. The summed E-state index contributed by atoms with van der Waals surface area (Å²) in [5.41, 5.74) is 0. The molecule has 128 valence electrons. The lowest BCUT2D eigenvalue weighted by Gasteiger charge is -2.12. The molecule has 0 radical (unpaired) electrons. The largest absolute Gasteiger partial charge is 0.396 e. The second-order valence-electron chi connectivity index (χ2n) is 6.42. The SMILES string of the molecule is CC(O)C(O)CCCCCCCCCCCCCCCO. The van der Waals surface area contributed by atoms with E-state index in [-0.39, 0.29) is 0 Å². The molecule has 3 heteroatoms. The molecular formula is C18H38O3. The molecule has 0 aromatic heterocycles. The molecule has 21 heavy (non-hydrogen) atoms. The van der Waals surface area contributed by atoms with E-state index in [0.717, 1.165) is 19.3 Å². The van der Waals surface area contributed by atoms with Gasteiger partial charge in [0.1, 0.15) is 0 Å². The number of aliphatic hydroxyl groups excluding tert-OH is 3. The Kier molecular flexibility index (Phi) is 16.2. The molecule has 0 aliphatic carbocycles. The molecule has 0 saturated carbocycles. The summed E-state index contributed by atoms with van der Waals surface area (Å²) < 4.78 is 0. The standard InChI is InChI=1S/C18H38O3/c1-17(20)18(21)15-13-11-9-7-5-3-2-4-6-8-10-12-14-16-19/h17-21H,2-16H2,1H3. The summed E-state index contributed by atoms with van der Waals surface area (Å²) in [5, 5.41) is 27.3. The third-order valence-electron chi connectivity index (χ3n) is 4.21. The fourth-order valence-electron chi connectivity index (χ4n) is 2.65. The van der Waals surface area contributed by atoms with Crippen molar-refractivity contribution in [1.29, 1.82) is 0 Å². The van der Waals surface area contributed by atoms with Crippen LogP contribution in [-0.2, 0) is 0 Å². The zero-order valence-electron chi connectivity index (χ0n) is 14.1. The highest BCUT2D eigenvalue weighted by molar-refractivity contribution is 4.61. The van der Waals surface area contributed by atoms with Crippen LogP contribution in [-0.4, -0.2) is 34.1 Å². The molecule has 0 spiro atoms. The number of hydrogen-bond acceptors (Lipinski definition) is 3. The predicted molar refractivity (Wildman–Crippen MR) is 89.4 cm³/mol. The normalized spacial score (nSPS) is 14.3. The van der Waals surface area contributed by atoms with Crippen LogP contribution in [0.4, 0.5) is 0 Å². The van der Waals surface area contributed by atoms with Gasteiger partial charge in [0.15, 0.2) is 0 Å². The summed E-state index contributed by atoms with van der Waals surface area (Å²) in [4.78, 5) is 0. The van der Waals surface area contributed by atoms with Crippen LogP contribution in [0.5, 0.6) is 0 Å². The minimum atomic E-state index is -0.589. The van der Waals surface area contributed by atoms with Crippen molar-refractivity contribution in [1.82, 2.24) is 0 Å². The monoisotopic (exact) mass is 302 g/mol. The summed E-state index contributed by atoms with van der Waals surface area (Å²) in [5.74, 6) is 0. The van der Waals surface area contributed by atoms with E-state index in [1.807, 2.05) is 0 Å². The molecule has 3 N–H and O–H groups in total. The highest BCUT2D eigenvalue weighted by atomic mass is 16.3. The maximum atomic E-state index is 9.46. The van der Waals surface area contributed by atoms with E-state index in [1.54, 1.807) is 6.92 Å². The molecule has 0 heterocycles. The van der Waals surface area contributed by atoms with Crippen molar-refractivity contribution in [3.8, 4) is 0 Å². The zero-order valence-corrected chi connectivity index (χ0v) is 14.1. The number of aliphatic hydroxyl groups is 3. The van der Waals surface area contributed by atoms with Gasteiger partial charge in [-0.3, -0.25) is 0 Å². The number of hydrogen-bond donors (Lipinski definition) is 3. The number of unbranched alkanes of at least 4 members (excludes halogenated alkanes) is 12. The van der Waals surface area contributed by atoms with Crippen LogP contribution in [0.15, 0.2) is 0 Å². The van der Waals surface area contributed by atoms with Crippen molar-refractivity contribution in [2.24, 2.45) is 0 Å². The molecular weight excluding hydrogens is 264 g/mol. The van der Waals surface area contributed by atoms with Gasteiger partial charge in [0.25, 0.3) is 0 Å². The van der Waals surface area contributed by atoms with Gasteiger partial charge in [-0.1, -0.05) is 77.0 Å². The molecule has 2 unspecified atom stereocenters. The summed E-state index contributed by atoms with van der Waals surface area (Å²) in [6.45, 7) is 2.00. The Morgan fingerprint density at radius 1 is 0.571 bits per heavy atom. The van der Waals surface area contributed by atoms with Gasteiger partial charge in [0.2, 0.25) is 0 Å². The second kappa shape index (κ2) is 16.3. The Bertz CT molecular complexity index is 195. The van der Waals surface area contributed by atoms with Gasteiger partial charge in [-0.2, -0.15) is 0 Å². The zero-order chi connectivity index (χ0) is 15.8. The topological polar surface area (TPSA) is 60.7 Å². The van der Waals surface area contributed by atoms with Crippen LogP contribution in [0.1, 0.15) is 96.8 Å². The van der Waals surface area contributed by atoms with Crippen molar-refractivity contribution >= 4 is 0 Å².